The number of carbonyl (C=O) groups excluding carboxylic acids is 1. The second-order valence-corrected chi connectivity index (χ2v) is 6.90. The topological polar surface area (TPSA) is 23.6 Å². The highest BCUT2D eigenvalue weighted by molar-refractivity contribution is 6.30. The third kappa shape index (κ3) is 3.90. The van der Waals surface area contributed by atoms with Gasteiger partial charge in [0.05, 0.1) is 6.42 Å². The summed E-state index contributed by atoms with van der Waals surface area (Å²) in [6.45, 7) is 7.40. The third-order valence-corrected chi connectivity index (χ3v) is 4.80. The predicted octanol–water partition coefficient (Wildman–Crippen LogP) is 3.85. The zero-order valence-electron chi connectivity index (χ0n) is 14.3. The number of rotatable bonds is 3. The maximum Gasteiger partial charge on any atom is 0.227 e. The zero-order chi connectivity index (χ0) is 17.1. The van der Waals surface area contributed by atoms with E-state index in [4.69, 9.17) is 11.6 Å². The van der Waals surface area contributed by atoms with Crippen LogP contribution >= 0.6 is 11.6 Å². The molecule has 0 N–H and O–H groups in total. The van der Waals surface area contributed by atoms with Crippen LogP contribution in [0.2, 0.25) is 5.02 Å². The van der Waals surface area contributed by atoms with Gasteiger partial charge in [0.15, 0.2) is 0 Å². The molecule has 0 bridgehead atoms. The summed E-state index contributed by atoms with van der Waals surface area (Å²) in [5.41, 5.74) is 4.69. The average molecular weight is 343 g/mol. The smallest absolute Gasteiger partial charge is 0.227 e. The summed E-state index contributed by atoms with van der Waals surface area (Å²) in [7, 11) is 0. The van der Waals surface area contributed by atoms with Gasteiger partial charge >= 0.3 is 0 Å². The van der Waals surface area contributed by atoms with Crippen molar-refractivity contribution >= 4 is 23.2 Å². The summed E-state index contributed by atoms with van der Waals surface area (Å²) in [4.78, 5) is 16.8. The van der Waals surface area contributed by atoms with Crippen LogP contribution in [-0.2, 0) is 11.2 Å². The Labute approximate surface area is 148 Å². The average Bonchev–Trinajstić information content (AvgIpc) is 2.55. The highest BCUT2D eigenvalue weighted by Crippen LogP contribution is 2.24. The van der Waals surface area contributed by atoms with Gasteiger partial charge in [0, 0.05) is 36.9 Å². The maximum absolute atomic E-state index is 12.5. The van der Waals surface area contributed by atoms with Crippen molar-refractivity contribution in [2.24, 2.45) is 0 Å². The van der Waals surface area contributed by atoms with E-state index < -0.39 is 0 Å². The molecule has 0 radical (unpaired) electrons. The molecule has 1 saturated heterocycles. The van der Waals surface area contributed by atoms with Crippen molar-refractivity contribution in [1.29, 1.82) is 0 Å². The lowest BCUT2D eigenvalue weighted by Gasteiger charge is -2.37. The number of aryl methyl sites for hydroxylation is 2. The number of hydrogen-bond donors (Lipinski definition) is 0. The molecule has 1 heterocycles. The first kappa shape index (κ1) is 16.8. The zero-order valence-corrected chi connectivity index (χ0v) is 15.0. The molecular weight excluding hydrogens is 320 g/mol. The Morgan fingerprint density at radius 3 is 2.46 bits per heavy atom. The van der Waals surface area contributed by atoms with Crippen LogP contribution in [0.5, 0.6) is 0 Å². The van der Waals surface area contributed by atoms with Gasteiger partial charge in [0.25, 0.3) is 0 Å². The second-order valence-electron chi connectivity index (χ2n) is 6.46. The van der Waals surface area contributed by atoms with Crippen molar-refractivity contribution in [3.05, 3.63) is 64.2 Å². The summed E-state index contributed by atoms with van der Waals surface area (Å²) in [5.74, 6) is 0.216. The lowest BCUT2D eigenvalue weighted by molar-refractivity contribution is -0.130. The van der Waals surface area contributed by atoms with E-state index in [1.54, 1.807) is 0 Å². The molecule has 0 aliphatic carbocycles. The Morgan fingerprint density at radius 2 is 1.79 bits per heavy atom. The van der Waals surface area contributed by atoms with Crippen LogP contribution in [0, 0.1) is 13.8 Å². The van der Waals surface area contributed by atoms with Gasteiger partial charge in [-0.15, -0.1) is 0 Å². The van der Waals surface area contributed by atoms with Crippen molar-refractivity contribution < 1.29 is 4.79 Å². The van der Waals surface area contributed by atoms with Crippen molar-refractivity contribution in [3.8, 4) is 0 Å². The van der Waals surface area contributed by atoms with Gasteiger partial charge in [0.2, 0.25) is 5.91 Å². The summed E-state index contributed by atoms with van der Waals surface area (Å²) in [6, 6.07) is 14.2. The SMILES string of the molecule is Cc1cccc(CC(=O)N2CCN(c3ccc(Cl)cc3C)CC2)c1. The number of benzene rings is 2. The first-order valence-corrected chi connectivity index (χ1v) is 8.75. The van der Waals surface area contributed by atoms with Gasteiger partial charge < -0.3 is 9.80 Å². The van der Waals surface area contributed by atoms with Crippen molar-refractivity contribution in [1.82, 2.24) is 4.90 Å². The lowest BCUT2D eigenvalue weighted by Crippen LogP contribution is -2.49. The quantitative estimate of drug-likeness (QED) is 0.846. The van der Waals surface area contributed by atoms with Crippen LogP contribution in [-0.4, -0.2) is 37.0 Å². The second kappa shape index (κ2) is 7.27. The molecule has 0 saturated carbocycles. The fourth-order valence-electron chi connectivity index (χ4n) is 3.28. The van der Waals surface area contributed by atoms with E-state index in [1.807, 2.05) is 29.2 Å². The molecular formula is C20H23ClN2O. The minimum absolute atomic E-state index is 0.216. The van der Waals surface area contributed by atoms with E-state index in [2.05, 4.69) is 36.9 Å². The summed E-state index contributed by atoms with van der Waals surface area (Å²) < 4.78 is 0. The molecule has 2 aromatic carbocycles. The van der Waals surface area contributed by atoms with E-state index in [9.17, 15) is 4.79 Å². The normalized spacial score (nSPS) is 14.8. The molecule has 1 amide bonds. The van der Waals surface area contributed by atoms with Crippen LogP contribution in [0.15, 0.2) is 42.5 Å². The van der Waals surface area contributed by atoms with Crippen molar-refractivity contribution in [2.75, 3.05) is 31.1 Å². The molecule has 2 aromatic rings. The van der Waals surface area contributed by atoms with Gasteiger partial charge in [-0.3, -0.25) is 4.79 Å². The molecule has 3 rings (SSSR count). The highest BCUT2D eigenvalue weighted by Gasteiger charge is 2.22. The largest absolute Gasteiger partial charge is 0.368 e. The van der Waals surface area contributed by atoms with Crippen LogP contribution in [0.3, 0.4) is 0 Å². The van der Waals surface area contributed by atoms with Crippen molar-refractivity contribution in [2.45, 2.75) is 20.3 Å². The van der Waals surface area contributed by atoms with Gasteiger partial charge in [-0.2, -0.15) is 0 Å². The fourth-order valence-corrected chi connectivity index (χ4v) is 3.51. The fraction of sp³-hybridized carbons (Fsp3) is 0.350. The van der Waals surface area contributed by atoms with E-state index in [0.29, 0.717) is 6.42 Å². The molecule has 0 aromatic heterocycles. The number of piperazine rings is 1. The molecule has 3 nitrogen and oxygen atoms in total. The molecule has 126 valence electrons. The Morgan fingerprint density at radius 1 is 1.04 bits per heavy atom. The Kier molecular flexibility index (Phi) is 5.10. The first-order chi connectivity index (χ1) is 11.5. The molecule has 1 fully saturated rings. The van der Waals surface area contributed by atoms with Gasteiger partial charge in [0.1, 0.15) is 0 Å². The molecule has 1 aliphatic rings. The van der Waals surface area contributed by atoms with Gasteiger partial charge in [-0.1, -0.05) is 41.4 Å². The van der Waals surface area contributed by atoms with Gasteiger partial charge in [-0.25, -0.2) is 0 Å². The monoisotopic (exact) mass is 342 g/mol. The predicted molar refractivity (Wildman–Crippen MR) is 99.9 cm³/mol. The molecule has 0 spiro atoms. The van der Waals surface area contributed by atoms with Crippen molar-refractivity contribution in [3.63, 3.8) is 0 Å². The van der Waals surface area contributed by atoms with E-state index in [0.717, 1.165) is 36.8 Å². The summed E-state index contributed by atoms with van der Waals surface area (Å²) in [6.07, 6.45) is 0.488. The summed E-state index contributed by atoms with van der Waals surface area (Å²) >= 11 is 6.04. The maximum atomic E-state index is 12.5. The molecule has 4 heteroatoms. The number of amides is 1. The lowest BCUT2D eigenvalue weighted by atomic mass is 10.1. The van der Waals surface area contributed by atoms with E-state index >= 15 is 0 Å². The van der Waals surface area contributed by atoms with Crippen LogP contribution in [0.4, 0.5) is 5.69 Å². The molecule has 0 atom stereocenters. The minimum Gasteiger partial charge on any atom is -0.368 e. The first-order valence-electron chi connectivity index (χ1n) is 8.37. The molecule has 24 heavy (non-hydrogen) atoms. The van der Waals surface area contributed by atoms with Crippen LogP contribution in [0.1, 0.15) is 16.7 Å². The standard InChI is InChI=1S/C20H23ClN2O/c1-15-4-3-5-17(12-15)14-20(24)23-10-8-22(9-11-23)19-7-6-18(21)13-16(19)2/h3-7,12-13H,8-11,14H2,1-2H3. The van der Waals surface area contributed by atoms with Gasteiger partial charge in [-0.05, 0) is 43.2 Å². The van der Waals surface area contributed by atoms with Crippen LogP contribution in [0.25, 0.3) is 0 Å². The minimum atomic E-state index is 0.216. The summed E-state index contributed by atoms with van der Waals surface area (Å²) in [5, 5.41) is 0.767. The number of halogens is 1. The number of anilines is 1. The van der Waals surface area contributed by atoms with E-state index in [1.165, 1.54) is 16.8 Å². The Balaban J connectivity index is 1.59. The number of hydrogen-bond acceptors (Lipinski definition) is 2. The highest BCUT2D eigenvalue weighted by atomic mass is 35.5. The molecule has 1 aliphatic heterocycles. The van der Waals surface area contributed by atoms with E-state index in [-0.39, 0.29) is 5.91 Å². The Bertz CT molecular complexity index is 736. The number of nitrogens with zero attached hydrogens (tertiary/aromatic N) is 2. The number of carbonyl (C=O) groups is 1. The third-order valence-electron chi connectivity index (χ3n) is 4.57. The van der Waals surface area contributed by atoms with Crippen LogP contribution < -0.4 is 4.90 Å². The Hall–Kier alpha value is -2.00. The molecule has 0 unspecified atom stereocenters.